The zero-order valence-corrected chi connectivity index (χ0v) is 52.2. The molecule has 25 N–H and O–H groups in total. The summed E-state index contributed by atoms with van der Waals surface area (Å²) in [4.78, 5) is 38.0. The molecule has 3 amide bonds. The molecule has 0 aliphatic carbocycles. The number of ether oxygens (including phenoxy) is 15. The highest BCUT2D eigenvalue weighted by Crippen LogP contribution is 2.38. The molecular formula is C54H91N3O40. The topological polar surface area (TPSA) is 671 Å². The van der Waals surface area contributed by atoms with Crippen LogP contribution in [0, 0.1) is 0 Å². The second-order valence-corrected chi connectivity index (χ2v) is 24.6. The Kier molecular flexibility index (Phi) is 28.3. The predicted molar refractivity (Wildman–Crippen MR) is 298 cm³/mol. The minimum absolute atomic E-state index is 0.790. The number of nitrogens with one attached hydrogen (secondary N) is 3. The highest BCUT2D eigenvalue weighted by Gasteiger charge is 2.59. The molecule has 0 radical (unpaired) electrons. The van der Waals surface area contributed by atoms with Crippen molar-refractivity contribution in [3.8, 4) is 0 Å². The molecule has 8 rings (SSSR count). The molecule has 8 saturated heterocycles. The molecule has 40 atom stereocenters. The molecule has 0 aromatic rings. The molecule has 0 aromatic heterocycles. The molecule has 0 saturated carbocycles. The van der Waals surface area contributed by atoms with Crippen LogP contribution < -0.4 is 16.0 Å². The fourth-order valence-electron chi connectivity index (χ4n) is 12.4. The van der Waals surface area contributed by atoms with Gasteiger partial charge in [-0.15, -0.1) is 0 Å². The summed E-state index contributed by atoms with van der Waals surface area (Å²) in [5.41, 5.74) is 0. The molecule has 8 aliphatic rings. The van der Waals surface area contributed by atoms with Gasteiger partial charge in [-0.2, -0.15) is 0 Å². The number of rotatable bonds is 24. The third kappa shape index (κ3) is 17.6. The Labute approximate surface area is 549 Å². The second-order valence-electron chi connectivity index (χ2n) is 24.6. The highest BCUT2D eigenvalue weighted by molar-refractivity contribution is 5.74. The summed E-state index contributed by atoms with van der Waals surface area (Å²) in [5, 5.41) is 247. The van der Waals surface area contributed by atoms with E-state index in [4.69, 9.17) is 71.1 Å². The lowest BCUT2D eigenvalue weighted by atomic mass is 9.93. The van der Waals surface area contributed by atoms with Gasteiger partial charge in [0.2, 0.25) is 17.7 Å². The van der Waals surface area contributed by atoms with E-state index in [9.17, 15) is 127 Å². The maximum Gasteiger partial charge on any atom is 0.217 e. The van der Waals surface area contributed by atoms with Gasteiger partial charge in [0.15, 0.2) is 50.3 Å². The van der Waals surface area contributed by atoms with Crippen LogP contribution in [0.3, 0.4) is 0 Å². The van der Waals surface area contributed by atoms with E-state index in [0.29, 0.717) is 0 Å². The summed E-state index contributed by atoms with van der Waals surface area (Å²) < 4.78 is 87.6. The Morgan fingerprint density at radius 3 is 1.08 bits per heavy atom. The van der Waals surface area contributed by atoms with Gasteiger partial charge in [0, 0.05) is 20.8 Å². The number of aliphatic hydroxyl groups excluding tert-OH is 22. The first-order chi connectivity index (χ1) is 45.8. The van der Waals surface area contributed by atoms with Crippen LogP contribution in [0.25, 0.3) is 0 Å². The second kappa shape index (κ2) is 34.5. The minimum atomic E-state index is -2.39. The van der Waals surface area contributed by atoms with E-state index < -0.39 is 309 Å². The van der Waals surface area contributed by atoms with Gasteiger partial charge in [0.1, 0.15) is 189 Å². The van der Waals surface area contributed by atoms with Crippen LogP contribution in [-0.2, 0) is 85.4 Å². The van der Waals surface area contributed by atoms with Crippen LogP contribution >= 0.6 is 0 Å². The summed E-state index contributed by atoms with van der Waals surface area (Å²) in [6.07, 6.45) is -72.4. The van der Waals surface area contributed by atoms with Crippen LogP contribution in [0.4, 0.5) is 0 Å². The number of carbonyl (C=O) groups excluding carboxylic acids is 3. The molecule has 8 heterocycles. The van der Waals surface area contributed by atoms with Crippen LogP contribution in [0.15, 0.2) is 0 Å². The monoisotopic (exact) mass is 1420 g/mol. The molecule has 0 bridgehead atoms. The van der Waals surface area contributed by atoms with Crippen LogP contribution in [0.2, 0.25) is 0 Å². The van der Waals surface area contributed by atoms with Gasteiger partial charge in [-0.05, 0) is 6.92 Å². The SMILES string of the molecule is CC(=O)N[C@@H]1[C@@H](O)[C@H](O[C@@H]2O[C@H](CO)[C@@H](O[C@@H]3O[C@H](CO[C@H]4O[C@H](CO)[C@@H](O)[C@H](O)[C@@H]4O[C@H]4O[C@H](CO)[C@@H](O[C@@H]5O[C@H](CO)[C@H](O)[C@H](O)[C@H]5O)[C@H](O)[C@H]4NC(C)=O)[C@@H](O)[C@H](O[C@@H]4O[C@H](CO)[C@@H](O)[C@H](O)[C@@H]4O)[C@@H]3O)[C@H](O)[C@H]2NC(C)=O)[C@@H](CO[C@H]2O[C@@H](C)[C@@H](O)[C@@H](O)[C@@H]2O)O[C@H]1O. The molecule has 8 aliphatic heterocycles. The van der Waals surface area contributed by atoms with Crippen LogP contribution in [-0.4, -0.2) is 422 Å². The lowest BCUT2D eigenvalue weighted by molar-refractivity contribution is -0.389. The van der Waals surface area contributed by atoms with Gasteiger partial charge in [0.25, 0.3) is 0 Å². The van der Waals surface area contributed by atoms with Crippen molar-refractivity contribution in [2.24, 2.45) is 0 Å². The molecule has 0 aromatic carbocycles. The van der Waals surface area contributed by atoms with E-state index in [1.54, 1.807) is 0 Å². The highest BCUT2D eigenvalue weighted by atomic mass is 16.8. The number of hydrogen-bond acceptors (Lipinski definition) is 40. The number of aliphatic hydroxyl groups is 22. The molecule has 562 valence electrons. The van der Waals surface area contributed by atoms with Crippen molar-refractivity contribution in [2.75, 3.05) is 46.2 Å². The maximum absolute atomic E-state index is 13.0. The molecule has 43 nitrogen and oxygen atoms in total. The molecular weight excluding hydrogens is 1330 g/mol. The number of amides is 3. The first-order valence-electron chi connectivity index (χ1n) is 31.0. The standard InChI is InChI=1S/C54H91N3O40/c1-12-26(66)34(74)38(78)50(85-12)83-11-22-44(31(71)23(47(82)86-22)55-13(2)63)93-48-24(56-14(3)64)32(72)43(20(9-62)90-48)95-53-41(81)45(96-52-40(80)36(76)28(68)17(6-59)88-52)30(70)21(92-53)10-84-54-46(37(77)29(69)18(7-60)89-54)97-49-25(57-15(4)65)33(73)42(19(8-61)91-49)94-51-39(79)35(75)27(67)16(5-58)87-51/h12,16-54,58-62,66-82H,5-11H2,1-4H3,(H,55,63)(H,56,64)(H,57,65)/t12-,16+,17+,18+,19+,20+,21+,22+,23+,24+,25+,26+,27-,28+,29+,30+,31+,32+,33+,34+,35-,36-,37-,38-,39+,40-,41-,42+,43+,44+,45-,46-,47+,48-,49+,50-,51-,52-,53-,54-/m0/s1. The van der Waals surface area contributed by atoms with Crippen molar-refractivity contribution in [2.45, 2.75) is 273 Å². The number of carbonyl (C=O) groups is 3. The Bertz CT molecular complexity index is 2490. The summed E-state index contributed by atoms with van der Waals surface area (Å²) in [6.45, 7) is -2.76. The van der Waals surface area contributed by atoms with Crippen molar-refractivity contribution in [1.82, 2.24) is 16.0 Å². The van der Waals surface area contributed by atoms with Crippen LogP contribution in [0.5, 0.6) is 0 Å². The fourth-order valence-corrected chi connectivity index (χ4v) is 12.4. The Morgan fingerprint density at radius 2 is 0.619 bits per heavy atom. The van der Waals surface area contributed by atoms with E-state index in [0.717, 1.165) is 20.8 Å². The van der Waals surface area contributed by atoms with Crippen molar-refractivity contribution in [3.63, 3.8) is 0 Å². The van der Waals surface area contributed by atoms with Gasteiger partial charge < -0.3 is 199 Å². The van der Waals surface area contributed by atoms with Crippen LogP contribution in [0.1, 0.15) is 27.7 Å². The third-order valence-electron chi connectivity index (χ3n) is 17.8. The minimum Gasteiger partial charge on any atom is -0.394 e. The third-order valence-corrected chi connectivity index (χ3v) is 17.8. The molecule has 8 fully saturated rings. The van der Waals surface area contributed by atoms with Gasteiger partial charge in [0.05, 0.1) is 52.4 Å². The normalized spacial score (nSPS) is 49.9. The van der Waals surface area contributed by atoms with Gasteiger partial charge in [-0.3, -0.25) is 14.4 Å². The van der Waals surface area contributed by atoms with E-state index in [1.807, 2.05) is 0 Å². The van der Waals surface area contributed by atoms with Crippen molar-refractivity contribution in [3.05, 3.63) is 0 Å². The smallest absolute Gasteiger partial charge is 0.217 e. The van der Waals surface area contributed by atoms with E-state index in [1.165, 1.54) is 6.92 Å². The number of hydrogen-bond donors (Lipinski definition) is 25. The summed E-state index contributed by atoms with van der Waals surface area (Å²) in [6, 6.07) is -5.42. The van der Waals surface area contributed by atoms with Gasteiger partial charge >= 0.3 is 0 Å². The molecule has 43 heteroatoms. The Balaban J connectivity index is 1.07. The van der Waals surface area contributed by atoms with E-state index in [-0.39, 0.29) is 0 Å². The molecule has 0 unspecified atom stereocenters. The lowest BCUT2D eigenvalue weighted by Crippen LogP contribution is -2.70. The molecule has 97 heavy (non-hydrogen) atoms. The van der Waals surface area contributed by atoms with Gasteiger partial charge in [-0.1, -0.05) is 0 Å². The largest absolute Gasteiger partial charge is 0.394 e. The van der Waals surface area contributed by atoms with E-state index >= 15 is 0 Å². The van der Waals surface area contributed by atoms with Crippen molar-refractivity contribution < 1.29 is 198 Å². The fraction of sp³-hybridized carbons (Fsp3) is 0.944. The maximum atomic E-state index is 13.0. The lowest BCUT2D eigenvalue weighted by Gasteiger charge is -2.50. The summed E-state index contributed by atoms with van der Waals surface area (Å²) in [7, 11) is 0. The predicted octanol–water partition coefficient (Wildman–Crippen LogP) is -17.0. The zero-order valence-electron chi connectivity index (χ0n) is 52.2. The Morgan fingerprint density at radius 1 is 0.289 bits per heavy atom. The van der Waals surface area contributed by atoms with Gasteiger partial charge in [-0.25, -0.2) is 0 Å². The first kappa shape index (κ1) is 79.6. The summed E-state index contributed by atoms with van der Waals surface area (Å²) >= 11 is 0. The van der Waals surface area contributed by atoms with Crippen molar-refractivity contribution in [1.29, 1.82) is 0 Å². The first-order valence-corrected chi connectivity index (χ1v) is 31.0. The quantitative estimate of drug-likeness (QED) is 0.0427. The average Bonchev–Trinajstić information content (AvgIpc) is 0.777. The average molecular weight is 1420 g/mol. The van der Waals surface area contributed by atoms with Crippen molar-refractivity contribution >= 4 is 17.7 Å². The zero-order chi connectivity index (χ0) is 71.5. The van der Waals surface area contributed by atoms with E-state index in [2.05, 4.69) is 16.0 Å². The Hall–Kier alpha value is -3.07. The molecule has 0 spiro atoms. The summed E-state index contributed by atoms with van der Waals surface area (Å²) in [5.74, 6) is -2.60.